The number of benzene rings is 1. The summed E-state index contributed by atoms with van der Waals surface area (Å²) in [5, 5.41) is 10.0. The molecule has 1 saturated carbocycles. The average molecular weight is 423 g/mol. The Hall–Kier alpha value is -2.67. The molecule has 0 saturated heterocycles. The lowest BCUT2D eigenvalue weighted by atomic mass is 9.85. The minimum atomic E-state index is -0.318. The topological polar surface area (TPSA) is 69.9 Å². The standard InChI is InChI=1S/C23H26N4O2S/c1-16-6-3-4-8-20(16)27-21(19-7-5-13-24-14-19)25-26-23(27)30-15-17-9-11-18(12-10-17)22(28)29-2/h5,7,9-14,16,20H,3-4,6,8,15H2,1-2H3/t16-,20+/m1/s1. The van der Waals surface area contributed by atoms with E-state index in [0.717, 1.165) is 34.3 Å². The first-order valence-corrected chi connectivity index (χ1v) is 11.3. The quantitative estimate of drug-likeness (QED) is 0.403. The number of nitrogens with zero attached hydrogens (tertiary/aromatic N) is 4. The third-order valence-electron chi connectivity index (χ3n) is 5.73. The number of ether oxygens (including phenoxy) is 1. The molecule has 2 heterocycles. The van der Waals surface area contributed by atoms with Gasteiger partial charge in [-0.25, -0.2) is 4.79 Å². The molecule has 3 aromatic rings. The minimum absolute atomic E-state index is 0.318. The van der Waals surface area contributed by atoms with Gasteiger partial charge < -0.3 is 4.74 Å². The molecule has 0 amide bonds. The van der Waals surface area contributed by atoms with Gasteiger partial charge in [-0.3, -0.25) is 9.55 Å². The number of hydrogen-bond acceptors (Lipinski definition) is 6. The maximum absolute atomic E-state index is 11.6. The van der Waals surface area contributed by atoms with Crippen LogP contribution in [0.1, 0.15) is 54.6 Å². The largest absolute Gasteiger partial charge is 0.465 e. The van der Waals surface area contributed by atoms with Gasteiger partial charge in [0.1, 0.15) is 0 Å². The Bertz CT molecular complexity index is 988. The van der Waals surface area contributed by atoms with E-state index in [9.17, 15) is 4.79 Å². The lowest BCUT2D eigenvalue weighted by molar-refractivity contribution is 0.0600. The molecule has 0 spiro atoms. The highest BCUT2D eigenvalue weighted by Gasteiger charge is 2.28. The molecule has 0 radical (unpaired) electrons. The fourth-order valence-electron chi connectivity index (χ4n) is 4.05. The van der Waals surface area contributed by atoms with E-state index in [2.05, 4.69) is 26.7 Å². The normalized spacial score (nSPS) is 18.9. The predicted octanol–water partition coefficient (Wildman–Crippen LogP) is 5.17. The predicted molar refractivity (Wildman–Crippen MR) is 117 cm³/mol. The minimum Gasteiger partial charge on any atom is -0.465 e. The molecule has 7 heteroatoms. The molecular formula is C23H26N4O2S. The molecule has 30 heavy (non-hydrogen) atoms. The maximum Gasteiger partial charge on any atom is 0.337 e. The summed E-state index contributed by atoms with van der Waals surface area (Å²) in [4.78, 5) is 15.9. The van der Waals surface area contributed by atoms with E-state index in [1.807, 2.05) is 30.5 Å². The van der Waals surface area contributed by atoms with Crippen LogP contribution in [0, 0.1) is 5.92 Å². The van der Waals surface area contributed by atoms with E-state index in [1.54, 1.807) is 30.1 Å². The highest BCUT2D eigenvalue weighted by molar-refractivity contribution is 7.98. The Kier molecular flexibility index (Phi) is 6.47. The van der Waals surface area contributed by atoms with Gasteiger partial charge in [0.15, 0.2) is 11.0 Å². The molecule has 0 N–H and O–H groups in total. The summed E-state index contributed by atoms with van der Waals surface area (Å²) < 4.78 is 7.10. The van der Waals surface area contributed by atoms with Gasteiger partial charge in [-0.05, 0) is 48.6 Å². The van der Waals surface area contributed by atoms with Crippen LogP contribution in [0.5, 0.6) is 0 Å². The molecular weight excluding hydrogens is 396 g/mol. The van der Waals surface area contributed by atoms with Gasteiger partial charge in [0.25, 0.3) is 0 Å². The smallest absolute Gasteiger partial charge is 0.337 e. The fourth-order valence-corrected chi connectivity index (χ4v) is 5.00. The Balaban J connectivity index is 1.60. The summed E-state index contributed by atoms with van der Waals surface area (Å²) in [6.45, 7) is 2.33. The summed E-state index contributed by atoms with van der Waals surface area (Å²) in [7, 11) is 1.39. The SMILES string of the molecule is COC(=O)c1ccc(CSc2nnc(-c3cccnc3)n2[C@H]2CCCC[C@H]2C)cc1. The number of carbonyl (C=O) groups is 1. The van der Waals surface area contributed by atoms with Crippen molar-refractivity contribution in [2.24, 2.45) is 5.92 Å². The zero-order valence-electron chi connectivity index (χ0n) is 17.3. The molecule has 156 valence electrons. The maximum atomic E-state index is 11.6. The molecule has 2 atom stereocenters. The van der Waals surface area contributed by atoms with Crippen molar-refractivity contribution in [2.75, 3.05) is 7.11 Å². The van der Waals surface area contributed by atoms with Crippen LogP contribution >= 0.6 is 11.8 Å². The van der Waals surface area contributed by atoms with Gasteiger partial charge in [0.05, 0.1) is 12.7 Å². The van der Waals surface area contributed by atoms with Crippen LogP contribution in [0.15, 0.2) is 53.9 Å². The van der Waals surface area contributed by atoms with Crippen molar-refractivity contribution < 1.29 is 9.53 Å². The van der Waals surface area contributed by atoms with Crippen LogP contribution in [0.4, 0.5) is 0 Å². The first kappa shape index (κ1) is 20.6. The van der Waals surface area contributed by atoms with E-state index in [1.165, 1.54) is 26.4 Å². The van der Waals surface area contributed by atoms with Gasteiger partial charge >= 0.3 is 5.97 Å². The van der Waals surface area contributed by atoms with Crippen molar-refractivity contribution in [2.45, 2.75) is 49.6 Å². The molecule has 0 aliphatic heterocycles. The molecule has 6 nitrogen and oxygen atoms in total. The zero-order chi connectivity index (χ0) is 20.9. The summed E-state index contributed by atoms with van der Waals surface area (Å²) in [6, 6.07) is 11.9. The van der Waals surface area contributed by atoms with Crippen LogP contribution < -0.4 is 0 Å². The first-order chi connectivity index (χ1) is 14.7. The van der Waals surface area contributed by atoms with E-state index in [4.69, 9.17) is 4.74 Å². The fraction of sp³-hybridized carbons (Fsp3) is 0.391. The average Bonchev–Trinajstić information content (AvgIpc) is 3.22. The summed E-state index contributed by atoms with van der Waals surface area (Å²) in [5.41, 5.74) is 2.68. The third kappa shape index (κ3) is 4.41. The summed E-state index contributed by atoms with van der Waals surface area (Å²) >= 11 is 1.68. The number of methoxy groups -OCH3 is 1. The molecule has 1 aliphatic carbocycles. The highest BCUT2D eigenvalue weighted by atomic mass is 32.2. The van der Waals surface area contributed by atoms with Crippen molar-refractivity contribution in [1.29, 1.82) is 0 Å². The van der Waals surface area contributed by atoms with Gasteiger partial charge in [0.2, 0.25) is 0 Å². The number of thioether (sulfide) groups is 1. The molecule has 1 aromatic carbocycles. The van der Waals surface area contributed by atoms with E-state index in [-0.39, 0.29) is 5.97 Å². The van der Waals surface area contributed by atoms with Crippen molar-refractivity contribution in [1.82, 2.24) is 19.7 Å². The molecule has 4 rings (SSSR count). The Morgan fingerprint density at radius 3 is 2.67 bits per heavy atom. The Morgan fingerprint density at radius 1 is 1.17 bits per heavy atom. The van der Waals surface area contributed by atoms with Crippen molar-refractivity contribution in [3.63, 3.8) is 0 Å². The number of carbonyl (C=O) groups excluding carboxylic acids is 1. The lowest BCUT2D eigenvalue weighted by Gasteiger charge is -2.31. The molecule has 0 bridgehead atoms. The number of pyridine rings is 1. The molecule has 2 aromatic heterocycles. The van der Waals surface area contributed by atoms with Gasteiger partial charge in [0, 0.05) is 29.8 Å². The third-order valence-corrected chi connectivity index (χ3v) is 6.74. The monoisotopic (exact) mass is 422 g/mol. The summed E-state index contributed by atoms with van der Waals surface area (Å²) in [6.07, 6.45) is 8.53. The highest BCUT2D eigenvalue weighted by Crippen LogP contribution is 2.39. The van der Waals surface area contributed by atoms with Gasteiger partial charge in [-0.15, -0.1) is 10.2 Å². The second kappa shape index (κ2) is 9.43. The van der Waals surface area contributed by atoms with Gasteiger partial charge in [-0.1, -0.05) is 43.7 Å². The van der Waals surface area contributed by atoms with Crippen molar-refractivity contribution in [3.05, 3.63) is 59.9 Å². The summed E-state index contributed by atoms with van der Waals surface area (Å²) in [5.74, 6) is 1.92. The van der Waals surface area contributed by atoms with Crippen molar-refractivity contribution in [3.8, 4) is 11.4 Å². The number of hydrogen-bond donors (Lipinski definition) is 0. The Labute approximate surface area is 181 Å². The molecule has 0 unspecified atom stereocenters. The van der Waals surface area contributed by atoms with E-state index < -0.39 is 0 Å². The van der Waals surface area contributed by atoms with Crippen molar-refractivity contribution >= 4 is 17.7 Å². The van der Waals surface area contributed by atoms with E-state index >= 15 is 0 Å². The van der Waals surface area contributed by atoms with Gasteiger partial charge in [-0.2, -0.15) is 0 Å². The molecule has 1 fully saturated rings. The molecule has 1 aliphatic rings. The lowest BCUT2D eigenvalue weighted by Crippen LogP contribution is -2.22. The van der Waals surface area contributed by atoms with Crippen LogP contribution in [0.3, 0.4) is 0 Å². The van der Waals surface area contributed by atoms with Crippen LogP contribution in [-0.2, 0) is 10.5 Å². The second-order valence-electron chi connectivity index (χ2n) is 7.72. The first-order valence-electron chi connectivity index (χ1n) is 10.3. The number of rotatable bonds is 6. The van der Waals surface area contributed by atoms with Crippen LogP contribution in [-0.4, -0.2) is 32.8 Å². The Morgan fingerprint density at radius 2 is 1.97 bits per heavy atom. The number of aromatic nitrogens is 4. The number of esters is 1. The second-order valence-corrected chi connectivity index (χ2v) is 8.67. The van der Waals surface area contributed by atoms with Crippen LogP contribution in [0.25, 0.3) is 11.4 Å². The zero-order valence-corrected chi connectivity index (χ0v) is 18.1. The van der Waals surface area contributed by atoms with Crippen LogP contribution in [0.2, 0.25) is 0 Å². The van der Waals surface area contributed by atoms with E-state index in [0.29, 0.717) is 17.5 Å².